The first kappa shape index (κ1) is 14.3. The highest BCUT2D eigenvalue weighted by Crippen LogP contribution is 2.45. The molecule has 0 radical (unpaired) electrons. The minimum absolute atomic E-state index is 0.0564. The van der Waals surface area contributed by atoms with Crippen LogP contribution >= 0.6 is 23.5 Å². The number of hydrogen-bond donors (Lipinski definition) is 2. The molecule has 0 atom stereocenters. The van der Waals surface area contributed by atoms with Crippen LogP contribution in [-0.4, -0.2) is 35.0 Å². The first-order chi connectivity index (χ1) is 9.16. The molecule has 0 saturated carbocycles. The Balaban J connectivity index is 1.90. The number of amides is 1. The standard InChI is InChI=1S/C13H15NO3S2/c15-11(16)5-6-14-12(17)9-1-3-10(4-2-9)13-18-7-8-19-13/h1-4,13H,5-8H2,(H,14,17)(H,15,16). The van der Waals surface area contributed by atoms with E-state index in [1.54, 1.807) is 12.1 Å². The fourth-order valence-corrected chi connectivity index (χ4v) is 4.59. The van der Waals surface area contributed by atoms with Gasteiger partial charge in [-0.3, -0.25) is 9.59 Å². The molecule has 6 heteroatoms. The van der Waals surface area contributed by atoms with Crippen LogP contribution in [0.1, 0.15) is 26.9 Å². The first-order valence-electron chi connectivity index (χ1n) is 6.00. The Morgan fingerprint density at radius 1 is 1.21 bits per heavy atom. The van der Waals surface area contributed by atoms with Gasteiger partial charge in [0.1, 0.15) is 0 Å². The SMILES string of the molecule is O=C(O)CCNC(=O)c1ccc(C2SCCS2)cc1. The third-order valence-corrected chi connectivity index (χ3v) is 5.80. The monoisotopic (exact) mass is 297 g/mol. The van der Waals surface area contributed by atoms with Gasteiger partial charge in [0.05, 0.1) is 11.0 Å². The second-order valence-electron chi connectivity index (χ2n) is 4.10. The Morgan fingerprint density at radius 3 is 2.42 bits per heavy atom. The number of aliphatic carboxylic acids is 1. The predicted octanol–water partition coefficient (Wildman–Crippen LogP) is 2.37. The molecule has 2 rings (SSSR count). The molecule has 19 heavy (non-hydrogen) atoms. The Kier molecular flexibility index (Phi) is 5.15. The maximum absolute atomic E-state index is 11.7. The van der Waals surface area contributed by atoms with Gasteiger partial charge in [-0.15, -0.1) is 23.5 Å². The lowest BCUT2D eigenvalue weighted by Gasteiger charge is -2.09. The summed E-state index contributed by atoms with van der Waals surface area (Å²) in [7, 11) is 0. The minimum atomic E-state index is -0.911. The van der Waals surface area contributed by atoms with Gasteiger partial charge in [0.2, 0.25) is 0 Å². The summed E-state index contributed by atoms with van der Waals surface area (Å²) in [6, 6.07) is 7.54. The minimum Gasteiger partial charge on any atom is -0.481 e. The quantitative estimate of drug-likeness (QED) is 0.873. The third-order valence-electron chi connectivity index (χ3n) is 2.69. The Bertz CT molecular complexity index is 455. The summed E-state index contributed by atoms with van der Waals surface area (Å²) in [6.45, 7) is 0.157. The highest BCUT2D eigenvalue weighted by Gasteiger charge is 2.18. The van der Waals surface area contributed by atoms with Crippen LogP contribution in [0.5, 0.6) is 0 Å². The molecule has 1 heterocycles. The van der Waals surface area contributed by atoms with Crippen molar-refractivity contribution in [2.45, 2.75) is 11.0 Å². The summed E-state index contributed by atoms with van der Waals surface area (Å²) in [5, 5.41) is 11.1. The molecule has 1 fully saturated rings. The number of thioether (sulfide) groups is 2. The van der Waals surface area contributed by atoms with Crippen LogP contribution in [-0.2, 0) is 4.79 Å². The van der Waals surface area contributed by atoms with Crippen molar-refractivity contribution in [3.63, 3.8) is 0 Å². The fraction of sp³-hybridized carbons (Fsp3) is 0.385. The summed E-state index contributed by atoms with van der Waals surface area (Å²) < 4.78 is 0.476. The molecule has 0 spiro atoms. The van der Waals surface area contributed by atoms with E-state index in [1.807, 2.05) is 35.7 Å². The van der Waals surface area contributed by atoms with Gasteiger partial charge in [-0.1, -0.05) is 12.1 Å². The van der Waals surface area contributed by atoms with Gasteiger partial charge < -0.3 is 10.4 Å². The lowest BCUT2D eigenvalue weighted by molar-refractivity contribution is -0.136. The number of carboxylic acid groups (broad SMARTS) is 1. The molecule has 0 unspecified atom stereocenters. The molecule has 4 nitrogen and oxygen atoms in total. The van der Waals surface area contributed by atoms with Crippen molar-refractivity contribution in [3.05, 3.63) is 35.4 Å². The molecule has 0 aliphatic carbocycles. The van der Waals surface area contributed by atoms with E-state index in [1.165, 1.54) is 17.1 Å². The summed E-state index contributed by atoms with van der Waals surface area (Å²) >= 11 is 3.85. The highest BCUT2D eigenvalue weighted by molar-refractivity contribution is 8.19. The van der Waals surface area contributed by atoms with E-state index in [-0.39, 0.29) is 18.9 Å². The van der Waals surface area contributed by atoms with E-state index >= 15 is 0 Å². The van der Waals surface area contributed by atoms with Gasteiger partial charge in [-0.25, -0.2) is 0 Å². The molecule has 1 aromatic rings. The van der Waals surface area contributed by atoms with E-state index in [9.17, 15) is 9.59 Å². The number of hydrogen-bond acceptors (Lipinski definition) is 4. The number of rotatable bonds is 5. The van der Waals surface area contributed by atoms with Gasteiger partial charge >= 0.3 is 5.97 Å². The Morgan fingerprint density at radius 2 is 1.84 bits per heavy atom. The van der Waals surface area contributed by atoms with Crippen molar-refractivity contribution in [2.24, 2.45) is 0 Å². The molecule has 2 N–H and O–H groups in total. The van der Waals surface area contributed by atoms with E-state index in [0.717, 1.165) is 0 Å². The van der Waals surface area contributed by atoms with Gasteiger partial charge in [0, 0.05) is 23.6 Å². The van der Waals surface area contributed by atoms with Crippen LogP contribution < -0.4 is 5.32 Å². The van der Waals surface area contributed by atoms with Crippen molar-refractivity contribution >= 4 is 35.4 Å². The third kappa shape index (κ3) is 4.18. The molecule has 1 aliphatic rings. The smallest absolute Gasteiger partial charge is 0.305 e. The molecule has 102 valence electrons. The van der Waals surface area contributed by atoms with Crippen LogP contribution in [0.15, 0.2) is 24.3 Å². The molecule has 1 amide bonds. The molecule has 0 bridgehead atoms. The first-order valence-corrected chi connectivity index (χ1v) is 8.10. The van der Waals surface area contributed by atoms with Crippen molar-refractivity contribution in [3.8, 4) is 0 Å². The normalized spacial score (nSPS) is 15.4. The van der Waals surface area contributed by atoms with Crippen LogP contribution in [0.25, 0.3) is 0 Å². The van der Waals surface area contributed by atoms with E-state index in [4.69, 9.17) is 5.11 Å². The average Bonchev–Trinajstić information content (AvgIpc) is 2.92. The largest absolute Gasteiger partial charge is 0.481 e. The van der Waals surface area contributed by atoms with Gasteiger partial charge in [0.15, 0.2) is 0 Å². The topological polar surface area (TPSA) is 66.4 Å². The lowest BCUT2D eigenvalue weighted by atomic mass is 10.1. The summed E-state index contributed by atoms with van der Waals surface area (Å²) in [6.07, 6.45) is -0.0564. The fourth-order valence-electron chi connectivity index (χ4n) is 1.73. The van der Waals surface area contributed by atoms with E-state index in [2.05, 4.69) is 5.32 Å². The van der Waals surface area contributed by atoms with Crippen LogP contribution in [0.2, 0.25) is 0 Å². The Hall–Kier alpha value is -1.14. The highest BCUT2D eigenvalue weighted by atomic mass is 32.2. The lowest BCUT2D eigenvalue weighted by Crippen LogP contribution is -2.25. The molecule has 1 aromatic carbocycles. The summed E-state index contributed by atoms with van der Waals surface area (Å²) in [5.74, 6) is 1.21. The van der Waals surface area contributed by atoms with E-state index in [0.29, 0.717) is 10.1 Å². The second-order valence-corrected chi connectivity index (χ2v) is 6.82. The van der Waals surface area contributed by atoms with E-state index < -0.39 is 5.97 Å². The van der Waals surface area contributed by atoms with Gasteiger partial charge in [0.25, 0.3) is 5.91 Å². The van der Waals surface area contributed by atoms with Crippen LogP contribution in [0, 0.1) is 0 Å². The van der Waals surface area contributed by atoms with Gasteiger partial charge in [-0.2, -0.15) is 0 Å². The summed E-state index contributed by atoms with van der Waals surface area (Å²) in [4.78, 5) is 22.1. The second kappa shape index (κ2) is 6.86. The van der Waals surface area contributed by atoms with Crippen molar-refractivity contribution in [2.75, 3.05) is 18.1 Å². The van der Waals surface area contributed by atoms with Crippen LogP contribution in [0.3, 0.4) is 0 Å². The van der Waals surface area contributed by atoms with Gasteiger partial charge in [-0.05, 0) is 17.7 Å². The predicted molar refractivity (Wildman–Crippen MR) is 78.7 cm³/mol. The average molecular weight is 297 g/mol. The number of carbonyl (C=O) groups is 2. The van der Waals surface area contributed by atoms with Crippen molar-refractivity contribution < 1.29 is 14.7 Å². The molecule has 1 aliphatic heterocycles. The number of carboxylic acids is 1. The zero-order valence-corrected chi connectivity index (χ0v) is 11.9. The molecular formula is C13H15NO3S2. The van der Waals surface area contributed by atoms with Crippen molar-refractivity contribution in [1.82, 2.24) is 5.32 Å². The number of benzene rings is 1. The van der Waals surface area contributed by atoms with Crippen molar-refractivity contribution in [1.29, 1.82) is 0 Å². The maximum Gasteiger partial charge on any atom is 0.305 e. The maximum atomic E-state index is 11.7. The molecule has 1 saturated heterocycles. The summed E-state index contributed by atoms with van der Waals surface area (Å²) in [5.41, 5.74) is 1.80. The number of nitrogens with one attached hydrogen (secondary N) is 1. The Labute approximate surface area is 120 Å². The van der Waals surface area contributed by atoms with Crippen LogP contribution in [0.4, 0.5) is 0 Å². The molecular weight excluding hydrogens is 282 g/mol. The number of carbonyl (C=O) groups excluding carboxylic acids is 1. The zero-order chi connectivity index (χ0) is 13.7. The molecule has 0 aromatic heterocycles. The zero-order valence-electron chi connectivity index (χ0n) is 10.3.